The summed E-state index contributed by atoms with van der Waals surface area (Å²) in [6.45, 7) is -0.643. The molecule has 4 heteroatoms. The van der Waals surface area contributed by atoms with Gasteiger partial charge in [-0.2, -0.15) is 0 Å². The third-order valence-electron chi connectivity index (χ3n) is 8.17. The quantitative estimate of drug-likeness (QED) is 0.160. The Bertz CT molecular complexity index is 1920. The summed E-state index contributed by atoms with van der Waals surface area (Å²) < 4.78 is 28.1. The van der Waals surface area contributed by atoms with Gasteiger partial charge in [0.25, 0.3) is 5.82 Å². The van der Waals surface area contributed by atoms with Gasteiger partial charge in [-0.3, -0.25) is 4.81 Å². The first kappa shape index (κ1) is 22.6. The maximum absolute atomic E-state index is 8.68. The molecule has 2 heterocycles. The average molecular weight is 546 g/mol. The standard InChI is InChI=1S/C38H33BN3/c1-28-16-13-14-25-35(28)42-38-37(29(2)26-27-40(38)3)41(32-21-11-6-12-22-32)39(42)36-33(30-17-7-4-8-18-30)23-15-24-34(36)31-19-9-5-10-20-31/h4-27H,1-3H3/q+1/i2D3. The highest BCUT2D eigenvalue weighted by molar-refractivity contribution is 6.86. The van der Waals surface area contributed by atoms with E-state index in [1.165, 1.54) is 0 Å². The SMILES string of the molecule is [2H]C([2H])([2H])c1cc[n+](C)c2c1N(c1ccccc1)B(c1c(-c3ccccc3)cccc1-c1ccccc1)N2c1ccccc1C. The van der Waals surface area contributed by atoms with E-state index in [0.29, 0.717) is 11.3 Å². The molecule has 0 atom stereocenters. The third kappa shape index (κ3) is 4.28. The van der Waals surface area contributed by atoms with Crippen molar-refractivity contribution < 1.29 is 8.68 Å². The van der Waals surface area contributed by atoms with Crippen LogP contribution >= 0.6 is 0 Å². The van der Waals surface area contributed by atoms with E-state index in [1.807, 2.05) is 49.6 Å². The average Bonchev–Trinajstić information content (AvgIpc) is 3.41. The van der Waals surface area contributed by atoms with Gasteiger partial charge in [0, 0.05) is 15.3 Å². The van der Waals surface area contributed by atoms with E-state index in [4.69, 9.17) is 4.11 Å². The highest BCUT2D eigenvalue weighted by Gasteiger charge is 2.55. The lowest BCUT2D eigenvalue weighted by Gasteiger charge is -2.28. The molecule has 0 saturated heterocycles. The van der Waals surface area contributed by atoms with Crippen LogP contribution in [0.2, 0.25) is 0 Å². The van der Waals surface area contributed by atoms with Gasteiger partial charge in [-0.05, 0) is 71.4 Å². The molecule has 0 amide bonds. The number of pyridine rings is 1. The van der Waals surface area contributed by atoms with Crippen LogP contribution in [0.3, 0.4) is 0 Å². The van der Waals surface area contributed by atoms with E-state index in [1.54, 1.807) is 6.07 Å². The van der Waals surface area contributed by atoms with Crippen LogP contribution in [0.15, 0.2) is 146 Å². The van der Waals surface area contributed by atoms with Gasteiger partial charge in [-0.25, -0.2) is 4.57 Å². The molecule has 0 fully saturated rings. The van der Waals surface area contributed by atoms with Crippen LogP contribution in [0.1, 0.15) is 15.2 Å². The summed E-state index contributed by atoms with van der Waals surface area (Å²) in [7, 11) is 2.00. The van der Waals surface area contributed by atoms with Gasteiger partial charge in [0.2, 0.25) is 0 Å². The van der Waals surface area contributed by atoms with Crippen molar-refractivity contribution >= 4 is 35.3 Å². The molecule has 202 valence electrons. The van der Waals surface area contributed by atoms with Crippen molar-refractivity contribution in [2.45, 2.75) is 13.8 Å². The first-order valence-electron chi connectivity index (χ1n) is 15.8. The molecular weight excluding hydrogens is 509 g/mol. The molecule has 1 aliphatic rings. The summed E-state index contributed by atoms with van der Waals surface area (Å²) in [5, 5.41) is 0. The molecule has 0 unspecified atom stereocenters. The largest absolute Gasteiger partial charge is 0.543 e. The van der Waals surface area contributed by atoms with Gasteiger partial charge in [0.15, 0.2) is 0 Å². The predicted octanol–water partition coefficient (Wildman–Crippen LogP) is 8.15. The van der Waals surface area contributed by atoms with Gasteiger partial charge in [-0.15, -0.1) is 0 Å². The fraction of sp³-hybridized carbons (Fsp3) is 0.0789. The summed E-state index contributed by atoms with van der Waals surface area (Å²) in [6, 6.07) is 47.7. The van der Waals surface area contributed by atoms with Crippen LogP contribution in [-0.4, -0.2) is 6.98 Å². The zero-order chi connectivity index (χ0) is 31.1. The van der Waals surface area contributed by atoms with E-state index in [2.05, 4.69) is 118 Å². The first-order valence-corrected chi connectivity index (χ1v) is 14.3. The lowest BCUT2D eigenvalue weighted by Crippen LogP contribution is -2.55. The van der Waals surface area contributed by atoms with Crippen molar-refractivity contribution in [1.82, 2.24) is 0 Å². The number of benzene rings is 5. The molecule has 7 rings (SSSR count). The highest BCUT2D eigenvalue weighted by atomic mass is 15.4. The minimum atomic E-state index is -2.33. The van der Waals surface area contributed by atoms with Gasteiger partial charge >= 0.3 is 6.98 Å². The van der Waals surface area contributed by atoms with Crippen LogP contribution in [0.4, 0.5) is 22.9 Å². The molecule has 1 aromatic heterocycles. The number of aromatic nitrogens is 1. The first-order chi connectivity index (χ1) is 21.8. The Morgan fingerprint density at radius 2 is 1.17 bits per heavy atom. The summed E-state index contributed by atoms with van der Waals surface area (Å²) in [4.78, 5) is 4.57. The zero-order valence-corrected chi connectivity index (χ0v) is 23.8. The van der Waals surface area contributed by atoms with E-state index < -0.39 is 13.8 Å². The van der Waals surface area contributed by atoms with Crippen molar-refractivity contribution in [2.75, 3.05) is 9.62 Å². The normalized spacial score (nSPS) is 13.9. The molecule has 0 bridgehead atoms. The molecule has 3 nitrogen and oxygen atoms in total. The summed E-state index contributed by atoms with van der Waals surface area (Å²) >= 11 is 0. The molecule has 0 saturated carbocycles. The molecule has 0 N–H and O–H groups in total. The fourth-order valence-electron chi connectivity index (χ4n) is 6.28. The van der Waals surface area contributed by atoms with Crippen molar-refractivity contribution in [3.05, 3.63) is 157 Å². The maximum atomic E-state index is 8.68. The molecule has 0 aliphatic carbocycles. The van der Waals surface area contributed by atoms with E-state index in [-0.39, 0.29) is 0 Å². The van der Waals surface area contributed by atoms with Crippen LogP contribution in [0.5, 0.6) is 0 Å². The van der Waals surface area contributed by atoms with E-state index in [0.717, 1.165) is 50.5 Å². The van der Waals surface area contributed by atoms with E-state index >= 15 is 0 Å². The summed E-state index contributed by atoms with van der Waals surface area (Å²) in [5.74, 6) is 0.827. The maximum Gasteiger partial charge on any atom is 0.543 e. The Labute approximate surface area is 253 Å². The Morgan fingerprint density at radius 1 is 0.595 bits per heavy atom. The number of hydrogen-bond acceptors (Lipinski definition) is 2. The number of nitrogens with zero attached hydrogens (tertiary/aromatic N) is 3. The number of rotatable bonds is 5. The number of para-hydroxylation sites is 2. The van der Waals surface area contributed by atoms with Crippen molar-refractivity contribution in [1.29, 1.82) is 0 Å². The second kappa shape index (κ2) is 10.7. The number of hydrogen-bond donors (Lipinski definition) is 0. The van der Waals surface area contributed by atoms with Crippen molar-refractivity contribution in [3.8, 4) is 22.3 Å². The zero-order valence-electron chi connectivity index (χ0n) is 26.8. The summed E-state index contributed by atoms with van der Waals surface area (Å²) in [6.07, 6.45) is 1.87. The molecule has 5 aromatic carbocycles. The molecular formula is C38H33BN3+. The Kier molecular flexibility index (Phi) is 5.76. The van der Waals surface area contributed by atoms with Gasteiger partial charge in [0.1, 0.15) is 11.4 Å². The molecule has 42 heavy (non-hydrogen) atoms. The van der Waals surface area contributed by atoms with Gasteiger partial charge in [0.05, 0.1) is 13.2 Å². The topological polar surface area (TPSA) is 10.4 Å². The Balaban J connectivity index is 1.66. The number of fused-ring (bicyclic) bond motifs is 1. The minimum Gasteiger partial charge on any atom is -0.333 e. The predicted molar refractivity (Wildman–Crippen MR) is 177 cm³/mol. The molecule has 1 aliphatic heterocycles. The minimum absolute atomic E-state index is 0.319. The second-order valence-corrected chi connectivity index (χ2v) is 10.7. The lowest BCUT2D eigenvalue weighted by atomic mass is 9.59. The highest BCUT2D eigenvalue weighted by Crippen LogP contribution is 2.47. The third-order valence-corrected chi connectivity index (χ3v) is 8.17. The lowest BCUT2D eigenvalue weighted by molar-refractivity contribution is -0.657. The van der Waals surface area contributed by atoms with E-state index in [9.17, 15) is 0 Å². The Morgan fingerprint density at radius 3 is 1.76 bits per heavy atom. The Hall–Kier alpha value is -5.09. The number of anilines is 4. The summed E-state index contributed by atoms with van der Waals surface area (Å²) in [5.41, 5.74) is 9.50. The molecule has 0 spiro atoms. The van der Waals surface area contributed by atoms with Crippen LogP contribution in [-0.2, 0) is 7.05 Å². The van der Waals surface area contributed by atoms with Crippen LogP contribution in [0, 0.1) is 13.8 Å². The molecule has 6 aromatic rings. The van der Waals surface area contributed by atoms with Gasteiger partial charge in [-0.1, -0.05) is 115 Å². The molecule has 0 radical (unpaired) electrons. The second-order valence-electron chi connectivity index (χ2n) is 10.7. The van der Waals surface area contributed by atoms with Crippen molar-refractivity contribution in [2.24, 2.45) is 7.05 Å². The fourth-order valence-corrected chi connectivity index (χ4v) is 6.28. The van der Waals surface area contributed by atoms with Crippen molar-refractivity contribution in [3.63, 3.8) is 0 Å². The van der Waals surface area contributed by atoms with Gasteiger partial charge < -0.3 is 4.81 Å². The smallest absolute Gasteiger partial charge is 0.333 e. The number of aryl methyl sites for hydroxylation is 3. The monoisotopic (exact) mass is 545 g/mol. The van der Waals surface area contributed by atoms with Crippen LogP contribution in [0.25, 0.3) is 22.3 Å². The van der Waals surface area contributed by atoms with Crippen LogP contribution < -0.4 is 19.7 Å².